The second kappa shape index (κ2) is 8.34. The van der Waals surface area contributed by atoms with Crippen molar-refractivity contribution < 1.29 is 28.6 Å². The van der Waals surface area contributed by atoms with Crippen LogP contribution in [0, 0.1) is 0 Å². The van der Waals surface area contributed by atoms with Gasteiger partial charge in [0.15, 0.2) is 23.9 Å². The van der Waals surface area contributed by atoms with Gasteiger partial charge >= 0.3 is 5.97 Å². The zero-order chi connectivity index (χ0) is 20.2. The molecule has 4 rings (SSSR count). The zero-order valence-electron chi connectivity index (χ0n) is 15.9. The SMILES string of the molecule is O=C(Cc1ccc2c(c1)OCCO2)OCC(=O)c1cccc(N2CCCC2=O)c1. The summed E-state index contributed by atoms with van der Waals surface area (Å²) in [5.74, 6) is 0.501. The van der Waals surface area contributed by atoms with E-state index < -0.39 is 5.97 Å². The summed E-state index contributed by atoms with van der Waals surface area (Å²) >= 11 is 0. The molecule has 2 heterocycles. The average Bonchev–Trinajstić information content (AvgIpc) is 3.18. The van der Waals surface area contributed by atoms with Gasteiger partial charge in [-0.05, 0) is 36.2 Å². The molecule has 0 N–H and O–H groups in total. The quantitative estimate of drug-likeness (QED) is 0.552. The normalized spacial score (nSPS) is 15.3. The molecule has 2 aromatic carbocycles. The molecule has 1 saturated heterocycles. The molecule has 2 aliphatic heterocycles. The molecule has 0 bridgehead atoms. The van der Waals surface area contributed by atoms with Gasteiger partial charge in [-0.25, -0.2) is 0 Å². The maximum absolute atomic E-state index is 12.4. The predicted molar refractivity (Wildman–Crippen MR) is 104 cm³/mol. The van der Waals surface area contributed by atoms with Crippen LogP contribution in [-0.2, 0) is 20.7 Å². The van der Waals surface area contributed by atoms with Crippen LogP contribution < -0.4 is 14.4 Å². The summed E-state index contributed by atoms with van der Waals surface area (Å²) in [7, 11) is 0. The highest BCUT2D eigenvalue weighted by molar-refractivity contribution is 6.01. The third kappa shape index (κ3) is 4.39. The first kappa shape index (κ1) is 19.0. The number of rotatable bonds is 6. The molecule has 1 amide bonds. The number of amides is 1. The first-order valence-corrected chi connectivity index (χ1v) is 9.58. The molecule has 2 aromatic rings. The lowest BCUT2D eigenvalue weighted by atomic mass is 10.1. The zero-order valence-corrected chi connectivity index (χ0v) is 15.9. The second-order valence-electron chi connectivity index (χ2n) is 6.94. The van der Waals surface area contributed by atoms with Crippen molar-refractivity contribution in [2.75, 3.05) is 31.3 Å². The highest BCUT2D eigenvalue weighted by atomic mass is 16.6. The van der Waals surface area contributed by atoms with Gasteiger partial charge < -0.3 is 19.1 Å². The fourth-order valence-corrected chi connectivity index (χ4v) is 3.41. The van der Waals surface area contributed by atoms with Crippen molar-refractivity contribution in [1.29, 1.82) is 0 Å². The van der Waals surface area contributed by atoms with Crippen LogP contribution in [0.1, 0.15) is 28.8 Å². The predicted octanol–water partition coefficient (Wildman–Crippen LogP) is 2.55. The number of anilines is 1. The molecule has 0 aliphatic carbocycles. The molecule has 7 heteroatoms. The Morgan fingerprint density at radius 1 is 1.03 bits per heavy atom. The van der Waals surface area contributed by atoms with E-state index in [9.17, 15) is 14.4 Å². The van der Waals surface area contributed by atoms with E-state index in [1.165, 1.54) is 0 Å². The van der Waals surface area contributed by atoms with Gasteiger partial charge in [0.2, 0.25) is 5.91 Å². The number of hydrogen-bond acceptors (Lipinski definition) is 6. The average molecular weight is 395 g/mol. The third-order valence-corrected chi connectivity index (χ3v) is 4.87. The number of ketones is 1. The van der Waals surface area contributed by atoms with E-state index in [0.717, 1.165) is 12.0 Å². The van der Waals surface area contributed by atoms with Gasteiger partial charge in [0.25, 0.3) is 0 Å². The second-order valence-corrected chi connectivity index (χ2v) is 6.94. The largest absolute Gasteiger partial charge is 0.486 e. The Morgan fingerprint density at radius 2 is 1.86 bits per heavy atom. The Morgan fingerprint density at radius 3 is 2.66 bits per heavy atom. The molecule has 7 nitrogen and oxygen atoms in total. The van der Waals surface area contributed by atoms with Crippen LogP contribution >= 0.6 is 0 Å². The van der Waals surface area contributed by atoms with Crippen molar-refractivity contribution >= 4 is 23.3 Å². The highest BCUT2D eigenvalue weighted by Crippen LogP contribution is 2.31. The summed E-state index contributed by atoms with van der Waals surface area (Å²) < 4.78 is 16.1. The van der Waals surface area contributed by atoms with Crippen molar-refractivity contribution in [3.05, 3.63) is 53.6 Å². The highest BCUT2D eigenvalue weighted by Gasteiger charge is 2.22. The number of carbonyl (C=O) groups excluding carboxylic acids is 3. The van der Waals surface area contributed by atoms with E-state index in [2.05, 4.69) is 0 Å². The molecular weight excluding hydrogens is 374 g/mol. The Kier molecular flexibility index (Phi) is 5.46. The number of nitrogens with zero attached hydrogens (tertiary/aromatic N) is 1. The summed E-state index contributed by atoms with van der Waals surface area (Å²) in [6.45, 7) is 1.28. The molecule has 0 radical (unpaired) electrons. The van der Waals surface area contributed by atoms with Crippen molar-refractivity contribution in [3.8, 4) is 11.5 Å². The first-order chi connectivity index (χ1) is 14.1. The van der Waals surface area contributed by atoms with Gasteiger partial charge in [0, 0.05) is 24.2 Å². The molecule has 0 spiro atoms. The number of esters is 1. The maximum Gasteiger partial charge on any atom is 0.310 e. The van der Waals surface area contributed by atoms with Gasteiger partial charge in [-0.1, -0.05) is 18.2 Å². The fourth-order valence-electron chi connectivity index (χ4n) is 3.41. The summed E-state index contributed by atoms with van der Waals surface area (Å²) in [5, 5.41) is 0. The van der Waals surface area contributed by atoms with Crippen molar-refractivity contribution in [2.45, 2.75) is 19.3 Å². The lowest BCUT2D eigenvalue weighted by molar-refractivity contribution is -0.141. The summed E-state index contributed by atoms with van der Waals surface area (Å²) in [5.41, 5.74) is 1.83. The van der Waals surface area contributed by atoms with E-state index in [0.29, 0.717) is 48.9 Å². The fraction of sp³-hybridized carbons (Fsp3) is 0.318. The van der Waals surface area contributed by atoms with E-state index >= 15 is 0 Å². The van der Waals surface area contributed by atoms with Crippen LogP contribution in [0.2, 0.25) is 0 Å². The maximum atomic E-state index is 12.4. The Balaban J connectivity index is 1.33. The van der Waals surface area contributed by atoms with Crippen LogP contribution in [0.15, 0.2) is 42.5 Å². The molecule has 0 saturated carbocycles. The minimum Gasteiger partial charge on any atom is -0.486 e. The number of Topliss-reactive ketones (excluding diaryl/α,β-unsaturated/α-hetero) is 1. The van der Waals surface area contributed by atoms with Crippen LogP contribution in [0.5, 0.6) is 11.5 Å². The van der Waals surface area contributed by atoms with Crippen LogP contribution in [0.3, 0.4) is 0 Å². The van der Waals surface area contributed by atoms with Gasteiger partial charge in [-0.2, -0.15) is 0 Å². The Labute approximate surface area is 168 Å². The lowest BCUT2D eigenvalue weighted by Crippen LogP contribution is -2.24. The topological polar surface area (TPSA) is 82.1 Å². The van der Waals surface area contributed by atoms with E-state index in [4.69, 9.17) is 14.2 Å². The van der Waals surface area contributed by atoms with Gasteiger partial charge in [-0.3, -0.25) is 14.4 Å². The Bertz CT molecular complexity index is 954. The van der Waals surface area contributed by atoms with Gasteiger partial charge in [-0.15, -0.1) is 0 Å². The summed E-state index contributed by atoms with van der Waals surface area (Å²) in [6, 6.07) is 12.1. The number of benzene rings is 2. The lowest BCUT2D eigenvalue weighted by Gasteiger charge is -2.18. The molecule has 0 unspecified atom stereocenters. The summed E-state index contributed by atoms with van der Waals surface area (Å²) in [4.78, 5) is 38.1. The Hall–Kier alpha value is -3.35. The minimum atomic E-state index is -0.499. The number of ether oxygens (including phenoxy) is 3. The molecular formula is C22H21NO6. The third-order valence-electron chi connectivity index (χ3n) is 4.87. The van der Waals surface area contributed by atoms with Crippen molar-refractivity contribution in [1.82, 2.24) is 0 Å². The summed E-state index contributed by atoms with van der Waals surface area (Å²) in [6.07, 6.45) is 1.37. The minimum absolute atomic E-state index is 0.0340. The van der Waals surface area contributed by atoms with Crippen LogP contribution in [-0.4, -0.2) is 44.0 Å². The number of hydrogen-bond donors (Lipinski definition) is 0. The molecule has 29 heavy (non-hydrogen) atoms. The van der Waals surface area contributed by atoms with E-state index in [-0.39, 0.29) is 24.7 Å². The van der Waals surface area contributed by atoms with Gasteiger partial charge in [0.05, 0.1) is 6.42 Å². The molecule has 0 aromatic heterocycles. The van der Waals surface area contributed by atoms with Crippen LogP contribution in [0.4, 0.5) is 5.69 Å². The van der Waals surface area contributed by atoms with Crippen molar-refractivity contribution in [3.63, 3.8) is 0 Å². The molecule has 1 fully saturated rings. The molecule has 0 atom stereocenters. The first-order valence-electron chi connectivity index (χ1n) is 9.58. The van der Waals surface area contributed by atoms with E-state index in [1.807, 2.05) is 0 Å². The number of carbonyl (C=O) groups is 3. The molecule has 150 valence electrons. The number of fused-ring (bicyclic) bond motifs is 1. The van der Waals surface area contributed by atoms with E-state index in [1.54, 1.807) is 47.4 Å². The smallest absolute Gasteiger partial charge is 0.310 e. The van der Waals surface area contributed by atoms with Crippen molar-refractivity contribution in [2.24, 2.45) is 0 Å². The monoisotopic (exact) mass is 395 g/mol. The molecule has 2 aliphatic rings. The standard InChI is InChI=1S/C22H21NO6/c24-18(16-3-1-4-17(13-16)23-8-2-5-21(23)25)14-29-22(26)12-15-6-7-19-20(11-15)28-10-9-27-19/h1,3-4,6-7,11,13H,2,5,8-10,12,14H2. The van der Waals surface area contributed by atoms with Gasteiger partial charge in [0.1, 0.15) is 13.2 Å². The van der Waals surface area contributed by atoms with Crippen LogP contribution in [0.25, 0.3) is 0 Å².